The summed E-state index contributed by atoms with van der Waals surface area (Å²) in [6.45, 7) is 2.47. The van der Waals surface area contributed by atoms with Crippen LogP contribution in [0.25, 0.3) is 0 Å². The molecule has 0 aliphatic rings. The van der Waals surface area contributed by atoms with Gasteiger partial charge in [-0.25, -0.2) is 0 Å². The van der Waals surface area contributed by atoms with Crippen LogP contribution in [-0.4, -0.2) is 24.8 Å². The number of ether oxygens (including phenoxy) is 2. The highest BCUT2D eigenvalue weighted by molar-refractivity contribution is 9.09. The Balaban J connectivity index is 2.98. The second-order valence-corrected chi connectivity index (χ2v) is 3.99. The maximum absolute atomic E-state index is 11.7. The Morgan fingerprint density at radius 1 is 1.31 bits per heavy atom. The van der Waals surface area contributed by atoms with E-state index in [4.69, 9.17) is 9.47 Å². The molecule has 0 unspecified atom stereocenters. The molecule has 0 saturated heterocycles. The standard InChI is InChI=1S/C12H15BrO3/c1-3-16-11-7-9(12(14)4-5-13)6-10(8-11)15-2/h6-8H,3-5H2,1-2H3. The summed E-state index contributed by atoms with van der Waals surface area (Å²) in [6.07, 6.45) is 0.471. The first-order chi connectivity index (χ1) is 7.71. The van der Waals surface area contributed by atoms with Gasteiger partial charge in [-0.05, 0) is 19.1 Å². The molecule has 0 aliphatic heterocycles. The highest BCUT2D eigenvalue weighted by Crippen LogP contribution is 2.23. The van der Waals surface area contributed by atoms with Crippen LogP contribution in [-0.2, 0) is 0 Å². The predicted molar refractivity (Wildman–Crippen MR) is 66.9 cm³/mol. The van der Waals surface area contributed by atoms with Crippen molar-refractivity contribution >= 4 is 21.7 Å². The van der Waals surface area contributed by atoms with Gasteiger partial charge in [0.1, 0.15) is 11.5 Å². The fraction of sp³-hybridized carbons (Fsp3) is 0.417. The van der Waals surface area contributed by atoms with Gasteiger partial charge in [0.25, 0.3) is 0 Å². The van der Waals surface area contributed by atoms with E-state index < -0.39 is 0 Å². The first-order valence-corrected chi connectivity index (χ1v) is 6.24. The number of hydrogen-bond donors (Lipinski definition) is 0. The summed E-state index contributed by atoms with van der Waals surface area (Å²) in [7, 11) is 1.57. The molecule has 3 nitrogen and oxygen atoms in total. The van der Waals surface area contributed by atoms with Crippen LogP contribution in [0.1, 0.15) is 23.7 Å². The van der Waals surface area contributed by atoms with Crippen molar-refractivity contribution in [3.63, 3.8) is 0 Å². The fourth-order valence-corrected chi connectivity index (χ4v) is 1.69. The molecule has 0 aromatic heterocycles. The van der Waals surface area contributed by atoms with Gasteiger partial charge in [-0.2, -0.15) is 0 Å². The summed E-state index contributed by atoms with van der Waals surface area (Å²) in [6, 6.07) is 5.25. The number of ketones is 1. The quantitative estimate of drug-likeness (QED) is 0.596. The van der Waals surface area contributed by atoms with Crippen LogP contribution in [0.2, 0.25) is 0 Å². The van der Waals surface area contributed by atoms with E-state index in [-0.39, 0.29) is 5.78 Å². The zero-order valence-corrected chi connectivity index (χ0v) is 11.0. The normalized spacial score (nSPS) is 9.94. The molecule has 0 N–H and O–H groups in total. The van der Waals surface area contributed by atoms with Crippen LogP contribution in [0.15, 0.2) is 18.2 Å². The molecule has 0 atom stereocenters. The number of halogens is 1. The van der Waals surface area contributed by atoms with Gasteiger partial charge in [-0.15, -0.1) is 0 Å². The fourth-order valence-electron chi connectivity index (χ4n) is 1.33. The minimum Gasteiger partial charge on any atom is -0.497 e. The first kappa shape index (κ1) is 13.0. The van der Waals surface area contributed by atoms with Gasteiger partial charge in [0.2, 0.25) is 0 Å². The maximum Gasteiger partial charge on any atom is 0.163 e. The molecule has 4 heteroatoms. The minimum absolute atomic E-state index is 0.0803. The van der Waals surface area contributed by atoms with E-state index in [0.29, 0.717) is 35.4 Å². The second-order valence-electron chi connectivity index (χ2n) is 3.19. The first-order valence-electron chi connectivity index (χ1n) is 5.12. The van der Waals surface area contributed by atoms with E-state index in [1.807, 2.05) is 6.92 Å². The smallest absolute Gasteiger partial charge is 0.163 e. The van der Waals surface area contributed by atoms with Gasteiger partial charge in [0.05, 0.1) is 13.7 Å². The van der Waals surface area contributed by atoms with Gasteiger partial charge in [0.15, 0.2) is 5.78 Å². The van der Waals surface area contributed by atoms with Crippen LogP contribution in [0.5, 0.6) is 11.5 Å². The molecule has 0 heterocycles. The summed E-state index contributed by atoms with van der Waals surface area (Å²) in [5.74, 6) is 1.39. The van der Waals surface area contributed by atoms with Crippen molar-refractivity contribution in [2.45, 2.75) is 13.3 Å². The zero-order chi connectivity index (χ0) is 12.0. The van der Waals surface area contributed by atoms with Crippen LogP contribution >= 0.6 is 15.9 Å². The molecule has 0 spiro atoms. The molecule has 1 aromatic rings. The van der Waals surface area contributed by atoms with E-state index in [0.717, 1.165) is 0 Å². The van der Waals surface area contributed by atoms with Crippen LogP contribution in [0.4, 0.5) is 0 Å². The molecule has 88 valence electrons. The molecule has 0 aliphatic carbocycles. The predicted octanol–water partition coefficient (Wildman–Crippen LogP) is 3.06. The van der Waals surface area contributed by atoms with Crippen molar-refractivity contribution in [3.8, 4) is 11.5 Å². The SMILES string of the molecule is CCOc1cc(OC)cc(C(=O)CCBr)c1. The van der Waals surface area contributed by atoms with Gasteiger partial charge in [-0.3, -0.25) is 4.79 Å². The summed E-state index contributed by atoms with van der Waals surface area (Å²) in [5.41, 5.74) is 0.627. The van der Waals surface area contributed by atoms with Crippen molar-refractivity contribution in [1.82, 2.24) is 0 Å². The average molecular weight is 287 g/mol. The Bertz CT molecular complexity index is 363. The third-order valence-electron chi connectivity index (χ3n) is 2.07. The van der Waals surface area contributed by atoms with Crippen LogP contribution in [0.3, 0.4) is 0 Å². The van der Waals surface area contributed by atoms with E-state index in [9.17, 15) is 4.79 Å². The Morgan fingerprint density at radius 2 is 2.00 bits per heavy atom. The minimum atomic E-state index is 0.0803. The molecule has 16 heavy (non-hydrogen) atoms. The lowest BCUT2D eigenvalue weighted by Gasteiger charge is -2.08. The molecular formula is C12H15BrO3. The lowest BCUT2D eigenvalue weighted by Crippen LogP contribution is -2.02. The number of carbonyl (C=O) groups is 1. The molecule has 0 bridgehead atoms. The van der Waals surface area contributed by atoms with Gasteiger partial charge >= 0.3 is 0 Å². The highest BCUT2D eigenvalue weighted by atomic mass is 79.9. The molecule has 1 aromatic carbocycles. The molecule has 0 radical (unpaired) electrons. The zero-order valence-electron chi connectivity index (χ0n) is 9.46. The molecule has 0 fully saturated rings. The van der Waals surface area contributed by atoms with Crippen molar-refractivity contribution < 1.29 is 14.3 Å². The monoisotopic (exact) mass is 286 g/mol. The number of alkyl halides is 1. The molecular weight excluding hydrogens is 272 g/mol. The number of benzene rings is 1. The van der Waals surface area contributed by atoms with Crippen LogP contribution in [0, 0.1) is 0 Å². The van der Waals surface area contributed by atoms with Gasteiger partial charge < -0.3 is 9.47 Å². The van der Waals surface area contributed by atoms with Gasteiger partial charge in [0, 0.05) is 23.4 Å². The van der Waals surface area contributed by atoms with Crippen molar-refractivity contribution in [1.29, 1.82) is 0 Å². The van der Waals surface area contributed by atoms with E-state index in [2.05, 4.69) is 15.9 Å². The Labute approximate surface area is 104 Å². The summed E-state index contributed by atoms with van der Waals surface area (Å²) in [4.78, 5) is 11.7. The highest BCUT2D eigenvalue weighted by Gasteiger charge is 2.09. The average Bonchev–Trinajstić information content (AvgIpc) is 2.29. The number of methoxy groups -OCH3 is 1. The third-order valence-corrected chi connectivity index (χ3v) is 2.47. The lowest BCUT2D eigenvalue weighted by atomic mass is 10.1. The largest absolute Gasteiger partial charge is 0.497 e. The van der Waals surface area contributed by atoms with Crippen molar-refractivity contribution in [3.05, 3.63) is 23.8 Å². The Hall–Kier alpha value is -1.03. The summed E-state index contributed by atoms with van der Waals surface area (Å²) >= 11 is 3.25. The summed E-state index contributed by atoms with van der Waals surface area (Å²) in [5, 5.41) is 0.660. The molecule has 1 rings (SSSR count). The van der Waals surface area contributed by atoms with E-state index >= 15 is 0 Å². The number of Topliss-reactive ketones (excluding diaryl/α,β-unsaturated/α-hetero) is 1. The Morgan fingerprint density at radius 3 is 2.56 bits per heavy atom. The number of rotatable bonds is 6. The summed E-state index contributed by atoms with van der Waals surface area (Å²) < 4.78 is 10.5. The topological polar surface area (TPSA) is 35.5 Å². The Kier molecular flexibility index (Phi) is 5.32. The van der Waals surface area contributed by atoms with Crippen molar-refractivity contribution in [2.75, 3.05) is 19.0 Å². The third kappa shape index (κ3) is 3.52. The van der Waals surface area contributed by atoms with Crippen molar-refractivity contribution in [2.24, 2.45) is 0 Å². The molecule has 0 saturated carbocycles. The lowest BCUT2D eigenvalue weighted by molar-refractivity contribution is 0.0989. The number of carbonyl (C=O) groups excluding carboxylic acids is 1. The number of hydrogen-bond acceptors (Lipinski definition) is 3. The van der Waals surface area contributed by atoms with E-state index in [1.54, 1.807) is 25.3 Å². The van der Waals surface area contributed by atoms with Gasteiger partial charge in [-0.1, -0.05) is 15.9 Å². The van der Waals surface area contributed by atoms with Crippen LogP contribution < -0.4 is 9.47 Å². The maximum atomic E-state index is 11.7. The van der Waals surface area contributed by atoms with E-state index in [1.165, 1.54) is 0 Å². The second kappa shape index (κ2) is 6.53. The molecule has 0 amide bonds.